The van der Waals surface area contributed by atoms with Crippen molar-refractivity contribution in [3.8, 4) is 5.69 Å². The van der Waals surface area contributed by atoms with Crippen molar-refractivity contribution in [1.29, 1.82) is 0 Å². The molecule has 3 aromatic heterocycles. The second-order valence-corrected chi connectivity index (χ2v) is 7.97. The number of carbonyl (C=O) groups is 1. The van der Waals surface area contributed by atoms with Crippen LogP contribution in [0.4, 0.5) is 0 Å². The minimum Gasteiger partial charge on any atom is -0.456 e. The van der Waals surface area contributed by atoms with Gasteiger partial charge in [-0.3, -0.25) is 9.20 Å². The summed E-state index contributed by atoms with van der Waals surface area (Å²) in [6.07, 6.45) is 1.64. The monoisotopic (exact) mass is 486 g/mol. The smallest absolute Gasteiger partial charge is 0.338 e. The van der Waals surface area contributed by atoms with E-state index in [0.717, 1.165) is 21.5 Å². The molecule has 4 rings (SSSR count). The molecule has 4 aromatic rings. The Kier molecular flexibility index (Phi) is 5.44. The van der Waals surface area contributed by atoms with Gasteiger partial charge in [0.05, 0.1) is 33.4 Å². The van der Waals surface area contributed by atoms with E-state index in [4.69, 9.17) is 16.3 Å². The maximum absolute atomic E-state index is 12.4. The molecule has 0 N–H and O–H groups in total. The van der Waals surface area contributed by atoms with Crippen molar-refractivity contribution in [2.75, 3.05) is 0 Å². The molecule has 9 heteroatoms. The summed E-state index contributed by atoms with van der Waals surface area (Å²) in [7, 11) is 0. The number of rotatable bonds is 4. The van der Waals surface area contributed by atoms with Crippen LogP contribution < -0.4 is 5.56 Å². The van der Waals surface area contributed by atoms with Crippen LogP contribution in [0.5, 0.6) is 0 Å². The number of halogens is 2. The number of hydrogen-bond donors (Lipinski definition) is 0. The van der Waals surface area contributed by atoms with E-state index in [1.165, 1.54) is 10.5 Å². The minimum atomic E-state index is -0.509. The zero-order chi connectivity index (χ0) is 21.4. The van der Waals surface area contributed by atoms with Crippen molar-refractivity contribution in [3.63, 3.8) is 0 Å². The molecular formula is C21H16BrClN4O3. The van der Waals surface area contributed by atoms with E-state index >= 15 is 0 Å². The molecule has 0 bridgehead atoms. The Morgan fingerprint density at radius 1 is 1.17 bits per heavy atom. The molecule has 0 aliphatic carbocycles. The first-order valence-electron chi connectivity index (χ1n) is 9.00. The fraction of sp³-hybridized carbons (Fsp3) is 0.143. The highest BCUT2D eigenvalue weighted by atomic mass is 79.9. The van der Waals surface area contributed by atoms with Gasteiger partial charge >= 0.3 is 5.97 Å². The normalized spacial score (nSPS) is 11.1. The molecule has 1 aromatic carbocycles. The Bertz CT molecular complexity index is 1330. The lowest BCUT2D eigenvalue weighted by Crippen LogP contribution is -2.16. The van der Waals surface area contributed by atoms with E-state index < -0.39 is 5.97 Å². The molecule has 0 amide bonds. The van der Waals surface area contributed by atoms with Crippen LogP contribution in [0.15, 0.2) is 57.9 Å². The maximum atomic E-state index is 12.4. The summed E-state index contributed by atoms with van der Waals surface area (Å²) >= 11 is 9.52. The zero-order valence-electron chi connectivity index (χ0n) is 16.1. The molecule has 0 spiro atoms. The van der Waals surface area contributed by atoms with E-state index in [0.29, 0.717) is 21.9 Å². The minimum absolute atomic E-state index is 0.102. The molecule has 0 atom stereocenters. The van der Waals surface area contributed by atoms with Crippen molar-refractivity contribution in [3.05, 3.63) is 91.2 Å². The molecule has 0 fully saturated rings. The topological polar surface area (TPSA) is 78.5 Å². The molecule has 30 heavy (non-hydrogen) atoms. The van der Waals surface area contributed by atoms with Crippen LogP contribution in [0.1, 0.15) is 27.4 Å². The lowest BCUT2D eigenvalue weighted by Gasteiger charge is -2.08. The van der Waals surface area contributed by atoms with E-state index in [2.05, 4.69) is 26.0 Å². The Morgan fingerprint density at radius 3 is 2.57 bits per heavy atom. The van der Waals surface area contributed by atoms with Crippen molar-refractivity contribution in [2.24, 2.45) is 0 Å². The van der Waals surface area contributed by atoms with Gasteiger partial charge < -0.3 is 4.74 Å². The number of esters is 1. The average molecular weight is 488 g/mol. The first-order valence-corrected chi connectivity index (χ1v) is 10.2. The predicted molar refractivity (Wildman–Crippen MR) is 116 cm³/mol. The summed E-state index contributed by atoms with van der Waals surface area (Å²) in [5.41, 5.74) is 3.34. The summed E-state index contributed by atoms with van der Waals surface area (Å²) < 4.78 is 9.24. The number of carbonyl (C=O) groups excluding carboxylic acids is 1. The average Bonchev–Trinajstić information content (AvgIpc) is 3.00. The fourth-order valence-corrected chi connectivity index (χ4v) is 3.49. The molecule has 0 saturated heterocycles. The lowest BCUT2D eigenvalue weighted by atomic mass is 10.2. The number of aromatic nitrogens is 4. The lowest BCUT2D eigenvalue weighted by molar-refractivity contribution is 0.0467. The molecule has 152 valence electrons. The van der Waals surface area contributed by atoms with Gasteiger partial charge in [0.2, 0.25) is 0 Å². The van der Waals surface area contributed by atoms with Gasteiger partial charge in [-0.15, -0.1) is 0 Å². The Hall–Kier alpha value is -2.97. The van der Waals surface area contributed by atoms with Crippen molar-refractivity contribution in [2.45, 2.75) is 20.5 Å². The van der Waals surface area contributed by atoms with Gasteiger partial charge in [-0.2, -0.15) is 5.10 Å². The summed E-state index contributed by atoms with van der Waals surface area (Å²) in [5.74, 6) is -0.509. The van der Waals surface area contributed by atoms with Crippen LogP contribution in [0.2, 0.25) is 5.02 Å². The number of ether oxygens (including phenoxy) is 1. The quantitative estimate of drug-likeness (QED) is 0.402. The summed E-state index contributed by atoms with van der Waals surface area (Å²) in [6, 6.07) is 11.7. The number of hydrogen-bond acceptors (Lipinski definition) is 5. The summed E-state index contributed by atoms with van der Waals surface area (Å²) in [4.78, 5) is 29.0. The number of aryl methyl sites for hydroxylation is 1. The van der Waals surface area contributed by atoms with Crippen LogP contribution in [0, 0.1) is 13.8 Å². The van der Waals surface area contributed by atoms with Crippen LogP contribution in [-0.2, 0) is 11.3 Å². The molecule has 0 radical (unpaired) electrons. The third-order valence-electron chi connectivity index (χ3n) is 4.58. The SMILES string of the molecule is Cc1nn(-c2ccc(C(=O)OCc3cc(=O)n4cc(Br)ccc4n3)cc2)c(C)c1Cl. The van der Waals surface area contributed by atoms with Gasteiger partial charge in [0.25, 0.3) is 5.56 Å². The molecular weight excluding hydrogens is 472 g/mol. The zero-order valence-corrected chi connectivity index (χ0v) is 18.4. The third kappa shape index (κ3) is 3.88. The van der Waals surface area contributed by atoms with Gasteiger partial charge in [0.1, 0.15) is 12.3 Å². The van der Waals surface area contributed by atoms with E-state index in [1.54, 1.807) is 47.3 Å². The molecule has 0 aliphatic heterocycles. The second kappa shape index (κ2) is 8.04. The van der Waals surface area contributed by atoms with Crippen LogP contribution in [0.3, 0.4) is 0 Å². The van der Waals surface area contributed by atoms with E-state index in [-0.39, 0.29) is 12.2 Å². The third-order valence-corrected chi connectivity index (χ3v) is 5.59. The number of benzene rings is 1. The Balaban J connectivity index is 1.49. The van der Waals surface area contributed by atoms with Gasteiger partial charge in [-0.05, 0) is 66.2 Å². The van der Waals surface area contributed by atoms with Crippen LogP contribution >= 0.6 is 27.5 Å². The number of nitrogens with zero attached hydrogens (tertiary/aromatic N) is 4. The molecule has 0 aliphatic rings. The highest BCUT2D eigenvalue weighted by molar-refractivity contribution is 9.10. The molecule has 7 nitrogen and oxygen atoms in total. The summed E-state index contributed by atoms with van der Waals surface area (Å²) in [5, 5.41) is 5.01. The van der Waals surface area contributed by atoms with Gasteiger partial charge in [-0.25, -0.2) is 14.5 Å². The van der Waals surface area contributed by atoms with Gasteiger partial charge in [-0.1, -0.05) is 11.6 Å². The number of fused-ring (bicyclic) bond motifs is 1. The highest BCUT2D eigenvalue weighted by Gasteiger charge is 2.13. The van der Waals surface area contributed by atoms with Crippen molar-refractivity contribution >= 4 is 39.1 Å². The standard InChI is InChI=1S/C21H16BrClN4O3/c1-12-20(23)13(2)27(25-12)17-6-3-14(4-7-17)21(29)30-11-16-9-19(28)26-10-15(22)5-8-18(26)24-16/h3-10H,11H2,1-2H3. The van der Waals surface area contributed by atoms with Crippen LogP contribution in [-0.4, -0.2) is 25.1 Å². The van der Waals surface area contributed by atoms with Crippen molar-refractivity contribution in [1.82, 2.24) is 19.2 Å². The van der Waals surface area contributed by atoms with Gasteiger partial charge in [0.15, 0.2) is 0 Å². The van der Waals surface area contributed by atoms with Gasteiger partial charge in [0, 0.05) is 16.7 Å². The Labute approximate surface area is 185 Å². The molecule has 0 saturated carbocycles. The highest BCUT2D eigenvalue weighted by Crippen LogP contribution is 2.22. The predicted octanol–water partition coefficient (Wildman–Crippen LogP) is 4.27. The molecule has 0 unspecified atom stereocenters. The second-order valence-electron chi connectivity index (χ2n) is 6.68. The largest absolute Gasteiger partial charge is 0.456 e. The first kappa shape index (κ1) is 20.3. The van der Waals surface area contributed by atoms with Crippen molar-refractivity contribution < 1.29 is 9.53 Å². The Morgan fingerprint density at radius 2 is 1.90 bits per heavy atom. The van der Waals surface area contributed by atoms with Crippen LogP contribution in [0.25, 0.3) is 11.3 Å². The maximum Gasteiger partial charge on any atom is 0.338 e. The van der Waals surface area contributed by atoms with E-state index in [1.807, 2.05) is 13.8 Å². The van der Waals surface area contributed by atoms with E-state index in [9.17, 15) is 9.59 Å². The number of pyridine rings is 1. The molecule has 3 heterocycles. The summed E-state index contributed by atoms with van der Waals surface area (Å²) in [6.45, 7) is 3.61. The first-order chi connectivity index (χ1) is 14.3. The fourth-order valence-electron chi connectivity index (χ4n) is 3.04.